The van der Waals surface area contributed by atoms with Crippen LogP contribution in [0.15, 0.2) is 12.1 Å². The quantitative estimate of drug-likeness (QED) is 0.716. The molecule has 0 aliphatic carbocycles. The van der Waals surface area contributed by atoms with E-state index in [-0.39, 0.29) is 10.8 Å². The lowest BCUT2D eigenvalue weighted by molar-refractivity contribution is 0.326. The van der Waals surface area contributed by atoms with Gasteiger partial charge in [0.1, 0.15) is 5.75 Å². The minimum Gasteiger partial charge on any atom is -0.493 e. The van der Waals surface area contributed by atoms with E-state index in [0.29, 0.717) is 0 Å². The first-order valence-corrected chi connectivity index (χ1v) is 6.86. The molecule has 1 heteroatoms. The van der Waals surface area contributed by atoms with Crippen LogP contribution in [0.5, 0.6) is 5.75 Å². The van der Waals surface area contributed by atoms with E-state index in [2.05, 4.69) is 67.5 Å². The molecule has 0 unspecified atom stereocenters. The zero-order valence-electron chi connectivity index (χ0n) is 13.3. The maximum absolute atomic E-state index is 5.93. The highest BCUT2D eigenvalue weighted by Gasteiger charge is 2.25. The zero-order chi connectivity index (χ0) is 14.1. The first-order chi connectivity index (χ1) is 8.09. The lowest BCUT2D eigenvalue weighted by Gasteiger charge is -2.29. The monoisotopic (exact) mass is 248 g/mol. The van der Waals surface area contributed by atoms with E-state index < -0.39 is 0 Å². The Hall–Kier alpha value is -0.980. The highest BCUT2D eigenvalue weighted by molar-refractivity contribution is 5.50. The second-order valence-corrected chi connectivity index (χ2v) is 7.05. The SMILES string of the molecule is CCOc1c(C(C)(C)C)ccc(C(C)(C)C)c1C. The van der Waals surface area contributed by atoms with Gasteiger partial charge in [-0.2, -0.15) is 0 Å². The molecule has 0 amide bonds. The second-order valence-electron chi connectivity index (χ2n) is 7.05. The lowest BCUT2D eigenvalue weighted by atomic mass is 9.79. The normalized spacial score (nSPS) is 12.7. The van der Waals surface area contributed by atoms with Crippen LogP contribution in [0.25, 0.3) is 0 Å². The number of hydrogen-bond donors (Lipinski definition) is 0. The van der Waals surface area contributed by atoms with Gasteiger partial charge in [-0.3, -0.25) is 0 Å². The second kappa shape index (κ2) is 4.95. The lowest BCUT2D eigenvalue weighted by Crippen LogP contribution is -2.18. The molecule has 0 N–H and O–H groups in total. The summed E-state index contributed by atoms with van der Waals surface area (Å²) in [6.45, 7) is 18.4. The summed E-state index contributed by atoms with van der Waals surface area (Å²) in [4.78, 5) is 0. The van der Waals surface area contributed by atoms with Gasteiger partial charge >= 0.3 is 0 Å². The fraction of sp³-hybridized carbons (Fsp3) is 0.647. The van der Waals surface area contributed by atoms with Gasteiger partial charge in [0.2, 0.25) is 0 Å². The van der Waals surface area contributed by atoms with Gasteiger partial charge in [-0.15, -0.1) is 0 Å². The molecule has 1 aromatic rings. The van der Waals surface area contributed by atoms with Gasteiger partial charge in [-0.1, -0.05) is 53.7 Å². The Labute approximate surface area is 113 Å². The minimum atomic E-state index is 0.117. The Bertz CT molecular complexity index is 416. The summed E-state index contributed by atoms with van der Waals surface area (Å²) in [5, 5.41) is 0. The van der Waals surface area contributed by atoms with E-state index in [4.69, 9.17) is 4.74 Å². The van der Waals surface area contributed by atoms with Crippen LogP contribution in [0.4, 0.5) is 0 Å². The highest BCUT2D eigenvalue weighted by atomic mass is 16.5. The Balaban J connectivity index is 3.48. The van der Waals surface area contributed by atoms with Crippen LogP contribution in [0, 0.1) is 6.92 Å². The smallest absolute Gasteiger partial charge is 0.126 e. The van der Waals surface area contributed by atoms with Gasteiger partial charge in [0.15, 0.2) is 0 Å². The van der Waals surface area contributed by atoms with E-state index in [0.717, 1.165) is 12.4 Å². The van der Waals surface area contributed by atoms with Crippen molar-refractivity contribution in [2.75, 3.05) is 6.61 Å². The average molecular weight is 248 g/mol. The van der Waals surface area contributed by atoms with Crippen molar-refractivity contribution in [1.82, 2.24) is 0 Å². The zero-order valence-corrected chi connectivity index (χ0v) is 13.3. The molecule has 1 rings (SSSR count). The van der Waals surface area contributed by atoms with Gasteiger partial charge < -0.3 is 4.74 Å². The molecule has 1 nitrogen and oxygen atoms in total. The van der Waals surface area contributed by atoms with Gasteiger partial charge in [-0.05, 0) is 41.4 Å². The first-order valence-electron chi connectivity index (χ1n) is 6.86. The molecule has 0 heterocycles. The molecule has 102 valence electrons. The van der Waals surface area contributed by atoms with Crippen LogP contribution in [0.2, 0.25) is 0 Å². The van der Waals surface area contributed by atoms with Crippen molar-refractivity contribution in [2.45, 2.75) is 66.2 Å². The molecular weight excluding hydrogens is 220 g/mol. The largest absolute Gasteiger partial charge is 0.493 e. The van der Waals surface area contributed by atoms with Crippen LogP contribution in [-0.4, -0.2) is 6.61 Å². The molecule has 0 aliphatic rings. The molecule has 0 radical (unpaired) electrons. The Morgan fingerprint density at radius 3 is 1.72 bits per heavy atom. The van der Waals surface area contributed by atoms with E-state index in [9.17, 15) is 0 Å². The van der Waals surface area contributed by atoms with E-state index >= 15 is 0 Å². The van der Waals surface area contributed by atoms with Crippen molar-refractivity contribution in [3.8, 4) is 5.75 Å². The number of rotatable bonds is 2. The standard InChI is InChI=1S/C17H28O/c1-9-18-15-12(2)13(16(3,4)5)10-11-14(15)17(6,7)8/h10-11H,9H2,1-8H3. The summed E-state index contributed by atoms with van der Waals surface area (Å²) in [5.41, 5.74) is 4.24. The molecule has 0 saturated carbocycles. The average Bonchev–Trinajstić information content (AvgIpc) is 2.17. The molecule has 0 saturated heterocycles. The molecule has 0 aromatic heterocycles. The van der Waals surface area contributed by atoms with E-state index in [1.54, 1.807) is 0 Å². The summed E-state index contributed by atoms with van der Waals surface area (Å²) in [6, 6.07) is 4.50. The van der Waals surface area contributed by atoms with Crippen molar-refractivity contribution < 1.29 is 4.74 Å². The van der Waals surface area contributed by atoms with E-state index in [1.807, 2.05) is 0 Å². The fourth-order valence-corrected chi connectivity index (χ4v) is 2.43. The third kappa shape index (κ3) is 3.07. The summed E-state index contributed by atoms with van der Waals surface area (Å²) in [6.07, 6.45) is 0. The molecule has 0 aliphatic heterocycles. The van der Waals surface area contributed by atoms with Crippen molar-refractivity contribution in [3.05, 3.63) is 28.8 Å². The van der Waals surface area contributed by atoms with Crippen LogP contribution in [0.3, 0.4) is 0 Å². The molecule has 0 fully saturated rings. The molecule has 18 heavy (non-hydrogen) atoms. The van der Waals surface area contributed by atoms with Crippen LogP contribution in [-0.2, 0) is 10.8 Å². The number of ether oxygens (including phenoxy) is 1. The van der Waals surface area contributed by atoms with Gasteiger partial charge in [0, 0.05) is 0 Å². The molecule has 0 bridgehead atoms. The first kappa shape index (κ1) is 15.1. The third-order valence-electron chi connectivity index (χ3n) is 3.31. The maximum atomic E-state index is 5.93. The predicted octanol–water partition coefficient (Wildman–Crippen LogP) is 4.99. The van der Waals surface area contributed by atoms with Gasteiger partial charge in [0.25, 0.3) is 0 Å². The summed E-state index contributed by atoms with van der Waals surface area (Å²) >= 11 is 0. The van der Waals surface area contributed by atoms with Crippen molar-refractivity contribution >= 4 is 0 Å². The number of hydrogen-bond acceptors (Lipinski definition) is 1. The molecule has 1 aromatic carbocycles. The van der Waals surface area contributed by atoms with E-state index in [1.165, 1.54) is 16.7 Å². The van der Waals surface area contributed by atoms with Crippen LogP contribution >= 0.6 is 0 Å². The number of benzene rings is 1. The summed E-state index contributed by atoms with van der Waals surface area (Å²) in [7, 11) is 0. The highest BCUT2D eigenvalue weighted by Crippen LogP contribution is 2.39. The minimum absolute atomic E-state index is 0.117. The van der Waals surface area contributed by atoms with Crippen molar-refractivity contribution in [3.63, 3.8) is 0 Å². The molecule has 0 atom stereocenters. The Morgan fingerprint density at radius 1 is 0.889 bits per heavy atom. The third-order valence-corrected chi connectivity index (χ3v) is 3.31. The summed E-state index contributed by atoms with van der Waals surface area (Å²) in [5.74, 6) is 1.08. The van der Waals surface area contributed by atoms with Crippen molar-refractivity contribution in [1.29, 1.82) is 0 Å². The van der Waals surface area contributed by atoms with Crippen LogP contribution in [0.1, 0.15) is 65.2 Å². The Kier molecular flexibility index (Phi) is 4.15. The predicted molar refractivity (Wildman–Crippen MR) is 79.7 cm³/mol. The van der Waals surface area contributed by atoms with Gasteiger partial charge in [-0.25, -0.2) is 0 Å². The van der Waals surface area contributed by atoms with Crippen LogP contribution < -0.4 is 4.74 Å². The topological polar surface area (TPSA) is 9.23 Å². The maximum Gasteiger partial charge on any atom is 0.126 e. The fourth-order valence-electron chi connectivity index (χ4n) is 2.43. The summed E-state index contributed by atoms with van der Waals surface area (Å²) < 4.78 is 5.93. The molecular formula is C17H28O. The van der Waals surface area contributed by atoms with Crippen molar-refractivity contribution in [2.24, 2.45) is 0 Å². The van der Waals surface area contributed by atoms with Gasteiger partial charge in [0.05, 0.1) is 6.61 Å². The Morgan fingerprint density at radius 2 is 1.33 bits per heavy atom. The molecule has 0 spiro atoms.